The zero-order valence-corrected chi connectivity index (χ0v) is 11.1. The number of carbonyl (C=O) groups excluding carboxylic acids is 1. The van der Waals surface area contributed by atoms with E-state index in [-0.39, 0.29) is 5.91 Å². The summed E-state index contributed by atoms with van der Waals surface area (Å²) in [5, 5.41) is 11.7. The molecule has 18 heavy (non-hydrogen) atoms. The minimum absolute atomic E-state index is 0.206. The van der Waals surface area contributed by atoms with Gasteiger partial charge in [-0.25, -0.2) is 0 Å². The standard InChI is InChI=1S/C12H21NO5/c1-12(2)8(9(12)11(15)16)10(14)13-4-5-18-7-6-17-3/h8-9H,4-7H2,1-3H3,(H,13,14)(H,15,16). The molecule has 2 atom stereocenters. The van der Waals surface area contributed by atoms with Gasteiger partial charge in [0, 0.05) is 13.7 Å². The molecular formula is C12H21NO5. The van der Waals surface area contributed by atoms with Crippen molar-refractivity contribution in [1.82, 2.24) is 5.32 Å². The second-order valence-corrected chi connectivity index (χ2v) is 5.01. The number of aliphatic carboxylic acids is 1. The minimum Gasteiger partial charge on any atom is -0.481 e. The van der Waals surface area contributed by atoms with Gasteiger partial charge < -0.3 is 19.9 Å². The van der Waals surface area contributed by atoms with Crippen molar-refractivity contribution in [3.8, 4) is 0 Å². The van der Waals surface area contributed by atoms with Crippen molar-refractivity contribution in [1.29, 1.82) is 0 Å². The highest BCUT2D eigenvalue weighted by Crippen LogP contribution is 2.58. The molecule has 0 heterocycles. The summed E-state index contributed by atoms with van der Waals surface area (Å²) in [6.07, 6.45) is 0. The van der Waals surface area contributed by atoms with Crippen molar-refractivity contribution in [2.45, 2.75) is 13.8 Å². The molecule has 0 aliphatic heterocycles. The van der Waals surface area contributed by atoms with E-state index in [4.69, 9.17) is 14.6 Å². The lowest BCUT2D eigenvalue weighted by Gasteiger charge is -2.06. The highest BCUT2D eigenvalue weighted by atomic mass is 16.5. The summed E-state index contributed by atoms with van der Waals surface area (Å²) < 4.78 is 10.0. The Bertz CT molecular complexity index is 316. The Balaban J connectivity index is 2.21. The smallest absolute Gasteiger partial charge is 0.307 e. The van der Waals surface area contributed by atoms with Crippen LogP contribution in [0.25, 0.3) is 0 Å². The lowest BCUT2D eigenvalue weighted by Crippen LogP contribution is -2.30. The summed E-state index contributed by atoms with van der Waals surface area (Å²) in [5.41, 5.74) is -0.452. The Kier molecular flexibility index (Phi) is 5.10. The summed E-state index contributed by atoms with van der Waals surface area (Å²) in [6.45, 7) is 5.39. The molecule has 0 radical (unpaired) electrons. The average Bonchev–Trinajstić information content (AvgIpc) is 2.86. The van der Waals surface area contributed by atoms with E-state index in [0.717, 1.165) is 0 Å². The van der Waals surface area contributed by atoms with Crippen molar-refractivity contribution >= 4 is 11.9 Å². The number of hydrogen-bond acceptors (Lipinski definition) is 4. The molecule has 1 aliphatic rings. The normalized spacial score (nSPS) is 24.6. The fourth-order valence-electron chi connectivity index (χ4n) is 2.19. The van der Waals surface area contributed by atoms with Crippen LogP contribution < -0.4 is 5.32 Å². The SMILES string of the molecule is COCCOCCNC(=O)C1C(C(=O)O)C1(C)C. The fraction of sp³-hybridized carbons (Fsp3) is 0.833. The number of nitrogens with one attached hydrogen (secondary N) is 1. The van der Waals surface area contributed by atoms with Crippen LogP contribution in [0.1, 0.15) is 13.8 Å². The van der Waals surface area contributed by atoms with Gasteiger partial charge in [0.1, 0.15) is 0 Å². The minimum atomic E-state index is -0.906. The molecule has 0 aromatic carbocycles. The monoisotopic (exact) mass is 259 g/mol. The van der Waals surface area contributed by atoms with Crippen molar-refractivity contribution < 1.29 is 24.2 Å². The van der Waals surface area contributed by atoms with Crippen LogP contribution in [0.5, 0.6) is 0 Å². The zero-order chi connectivity index (χ0) is 13.8. The first-order chi connectivity index (χ1) is 8.42. The second kappa shape index (κ2) is 6.15. The molecular weight excluding hydrogens is 238 g/mol. The Morgan fingerprint density at radius 2 is 1.89 bits per heavy atom. The summed E-state index contributed by atoms with van der Waals surface area (Å²) >= 11 is 0. The van der Waals surface area contributed by atoms with Gasteiger partial charge in [0.25, 0.3) is 0 Å². The van der Waals surface area contributed by atoms with Gasteiger partial charge >= 0.3 is 5.97 Å². The molecule has 6 heteroatoms. The molecule has 2 unspecified atom stereocenters. The van der Waals surface area contributed by atoms with Crippen molar-refractivity contribution in [3.05, 3.63) is 0 Å². The van der Waals surface area contributed by atoms with Crippen LogP contribution in [0.15, 0.2) is 0 Å². The van der Waals surface area contributed by atoms with Gasteiger partial charge in [-0.3, -0.25) is 9.59 Å². The molecule has 0 saturated heterocycles. The average molecular weight is 259 g/mol. The van der Waals surface area contributed by atoms with Crippen molar-refractivity contribution in [2.75, 3.05) is 33.5 Å². The predicted octanol–water partition coefficient (Wildman–Crippen LogP) is 0.122. The number of amides is 1. The van der Waals surface area contributed by atoms with Crippen LogP contribution in [0.3, 0.4) is 0 Å². The highest BCUT2D eigenvalue weighted by molar-refractivity contribution is 5.91. The number of carbonyl (C=O) groups is 2. The predicted molar refractivity (Wildman–Crippen MR) is 64.1 cm³/mol. The maximum Gasteiger partial charge on any atom is 0.307 e. The number of rotatable bonds is 8. The third-order valence-electron chi connectivity index (χ3n) is 3.35. The van der Waals surface area contributed by atoms with Crippen LogP contribution in [0.4, 0.5) is 0 Å². The fourth-order valence-corrected chi connectivity index (χ4v) is 2.19. The number of methoxy groups -OCH3 is 1. The van der Waals surface area contributed by atoms with Crippen LogP contribution in [-0.4, -0.2) is 50.5 Å². The third kappa shape index (κ3) is 3.43. The molecule has 1 rings (SSSR count). The van der Waals surface area contributed by atoms with Gasteiger partial charge in [0.2, 0.25) is 5.91 Å². The Labute approximate surface area is 107 Å². The molecule has 0 aromatic heterocycles. The molecule has 0 spiro atoms. The quantitative estimate of drug-likeness (QED) is 0.605. The largest absolute Gasteiger partial charge is 0.481 e. The number of hydrogen-bond donors (Lipinski definition) is 2. The van der Waals surface area contributed by atoms with Crippen LogP contribution in [0.2, 0.25) is 0 Å². The Hall–Kier alpha value is -1.14. The van der Waals surface area contributed by atoms with Crippen molar-refractivity contribution in [3.63, 3.8) is 0 Å². The number of carboxylic acids is 1. The zero-order valence-electron chi connectivity index (χ0n) is 11.1. The van der Waals surface area contributed by atoms with Crippen LogP contribution in [-0.2, 0) is 19.1 Å². The lowest BCUT2D eigenvalue weighted by atomic mass is 10.1. The summed E-state index contributed by atoms with van der Waals surface area (Å²) in [4.78, 5) is 22.7. The van der Waals surface area contributed by atoms with Crippen LogP contribution in [0, 0.1) is 17.3 Å². The highest BCUT2D eigenvalue weighted by Gasteiger charge is 2.65. The molecule has 6 nitrogen and oxygen atoms in total. The second-order valence-electron chi connectivity index (χ2n) is 5.01. The van der Waals surface area contributed by atoms with E-state index in [1.165, 1.54) is 0 Å². The van der Waals surface area contributed by atoms with Crippen LogP contribution >= 0.6 is 0 Å². The first-order valence-electron chi connectivity index (χ1n) is 6.00. The van der Waals surface area contributed by atoms with Gasteiger partial charge in [-0.1, -0.05) is 13.8 Å². The first kappa shape index (κ1) is 14.9. The van der Waals surface area contributed by atoms with E-state index < -0.39 is 23.2 Å². The van der Waals surface area contributed by atoms with E-state index in [1.54, 1.807) is 21.0 Å². The van der Waals surface area contributed by atoms with E-state index in [2.05, 4.69) is 5.32 Å². The molecule has 104 valence electrons. The van der Waals surface area contributed by atoms with Crippen molar-refractivity contribution in [2.24, 2.45) is 17.3 Å². The molecule has 1 amide bonds. The summed E-state index contributed by atoms with van der Waals surface area (Å²) in [6, 6.07) is 0. The Morgan fingerprint density at radius 1 is 1.22 bits per heavy atom. The Morgan fingerprint density at radius 3 is 2.39 bits per heavy atom. The van der Waals surface area contributed by atoms with Gasteiger partial charge in [-0.05, 0) is 5.41 Å². The van der Waals surface area contributed by atoms with E-state index in [9.17, 15) is 9.59 Å². The molecule has 0 aromatic rings. The first-order valence-corrected chi connectivity index (χ1v) is 6.00. The summed E-state index contributed by atoms with van der Waals surface area (Å²) in [5.74, 6) is -2.12. The maximum absolute atomic E-state index is 11.8. The third-order valence-corrected chi connectivity index (χ3v) is 3.35. The molecule has 1 saturated carbocycles. The van der Waals surface area contributed by atoms with Gasteiger partial charge in [-0.2, -0.15) is 0 Å². The maximum atomic E-state index is 11.8. The number of carboxylic acid groups (broad SMARTS) is 1. The van der Waals surface area contributed by atoms with E-state index in [1.807, 2.05) is 0 Å². The molecule has 1 aliphatic carbocycles. The van der Waals surface area contributed by atoms with Gasteiger partial charge in [-0.15, -0.1) is 0 Å². The molecule has 0 bridgehead atoms. The molecule has 2 N–H and O–H groups in total. The van der Waals surface area contributed by atoms with Gasteiger partial charge in [0.05, 0.1) is 31.7 Å². The summed E-state index contributed by atoms with van der Waals surface area (Å²) in [7, 11) is 1.59. The lowest BCUT2D eigenvalue weighted by molar-refractivity contribution is -0.140. The van der Waals surface area contributed by atoms with E-state index in [0.29, 0.717) is 26.4 Å². The number of ether oxygens (including phenoxy) is 2. The topological polar surface area (TPSA) is 84.9 Å². The van der Waals surface area contributed by atoms with E-state index >= 15 is 0 Å². The van der Waals surface area contributed by atoms with Gasteiger partial charge in [0.15, 0.2) is 0 Å². The molecule has 1 fully saturated rings.